The Hall–Kier alpha value is -6.56. The number of imidazole rings is 1. The number of nitrogens with zero attached hydrogens (tertiary/aromatic N) is 3. The van der Waals surface area contributed by atoms with Crippen molar-refractivity contribution in [3.8, 4) is 22.4 Å². The molecule has 3 heterocycles. The first-order valence-electron chi connectivity index (χ1n) is 22.1. The molecule has 5 aromatic rings. The highest BCUT2D eigenvalue weighted by Crippen LogP contribution is 2.36. The second kappa shape index (κ2) is 17.8. The van der Waals surface area contributed by atoms with Crippen LogP contribution < -0.4 is 16.0 Å². The summed E-state index contributed by atoms with van der Waals surface area (Å²) >= 11 is 0. The highest BCUT2D eigenvalue weighted by Gasteiger charge is 2.41. The van der Waals surface area contributed by atoms with Crippen molar-refractivity contribution in [2.75, 3.05) is 13.1 Å². The van der Waals surface area contributed by atoms with Gasteiger partial charge in [-0.1, -0.05) is 109 Å². The van der Waals surface area contributed by atoms with E-state index in [2.05, 4.69) is 33.1 Å². The van der Waals surface area contributed by atoms with Crippen molar-refractivity contribution in [2.45, 2.75) is 88.5 Å². The Kier molecular flexibility index (Phi) is 11.7. The molecule has 0 bridgehead atoms. The SMILES string of the molecule is CC(NC(=O)C1CCCN1C(=O)C(NC(=O)C1CC1)c1ccccc1)c1ccc(-c2ccc(-c3cnc(C4CCCN4C(=O)C(NC(=O)C4CC4)c4ccccc4)[nH]3)cc2)cc1. The molecule has 4 N–H and O–H groups in total. The molecular weight excluding hydrogens is 779 g/mol. The number of aromatic nitrogens is 2. The van der Waals surface area contributed by atoms with Crippen molar-refractivity contribution in [3.05, 3.63) is 138 Å². The van der Waals surface area contributed by atoms with Gasteiger partial charge in [-0.25, -0.2) is 4.98 Å². The lowest BCUT2D eigenvalue weighted by Crippen LogP contribution is -2.50. The summed E-state index contributed by atoms with van der Waals surface area (Å²) in [6, 6.07) is 32.4. The van der Waals surface area contributed by atoms with Crippen molar-refractivity contribution in [1.82, 2.24) is 35.7 Å². The van der Waals surface area contributed by atoms with Gasteiger partial charge < -0.3 is 30.7 Å². The topological polar surface area (TPSA) is 157 Å². The first kappa shape index (κ1) is 40.8. The summed E-state index contributed by atoms with van der Waals surface area (Å²) in [6.07, 6.45) is 8.12. The molecule has 62 heavy (non-hydrogen) atoms. The predicted octanol–water partition coefficient (Wildman–Crippen LogP) is 7.11. The molecule has 2 aliphatic heterocycles. The van der Waals surface area contributed by atoms with Crippen molar-refractivity contribution < 1.29 is 24.0 Å². The van der Waals surface area contributed by atoms with Crippen LogP contribution in [0.3, 0.4) is 0 Å². The first-order valence-corrected chi connectivity index (χ1v) is 22.1. The summed E-state index contributed by atoms with van der Waals surface area (Å²) < 4.78 is 0. The second-order valence-electron chi connectivity index (χ2n) is 17.2. The molecule has 318 valence electrons. The Morgan fingerprint density at radius 3 is 1.63 bits per heavy atom. The van der Waals surface area contributed by atoms with Gasteiger partial charge in [0.1, 0.15) is 23.9 Å². The van der Waals surface area contributed by atoms with Crippen LogP contribution in [0.25, 0.3) is 22.4 Å². The van der Waals surface area contributed by atoms with E-state index in [1.807, 2.05) is 115 Å². The molecule has 12 nitrogen and oxygen atoms in total. The van der Waals surface area contributed by atoms with Gasteiger partial charge in [0.15, 0.2) is 0 Å². The monoisotopic (exact) mass is 831 g/mol. The summed E-state index contributed by atoms with van der Waals surface area (Å²) in [6.45, 7) is 3.00. The molecule has 0 spiro atoms. The number of hydrogen-bond donors (Lipinski definition) is 4. The van der Waals surface area contributed by atoms with Crippen LogP contribution in [0.5, 0.6) is 0 Å². The van der Waals surface area contributed by atoms with Crippen molar-refractivity contribution in [2.24, 2.45) is 11.8 Å². The summed E-state index contributed by atoms with van der Waals surface area (Å²) in [5.41, 5.74) is 6.31. The number of amides is 5. The standard InChI is InChI=1S/C50H53N7O5/c1-31(52-48(60)42-15-9-29-57(42)50(62)44(37-12-6-3-7-13-37)55-47(59)39-26-27-39)32-16-18-33(19-17-32)34-20-22-35(23-21-34)40-30-51-45(53-40)41-14-8-28-56(41)49(61)43(36-10-4-2-5-11-36)54-46(58)38-24-25-38/h2-7,10-13,16-23,30-31,38-39,41-44H,8-9,14-15,24-29H2,1H3,(H,51,53)(H,52,60)(H,54,58)(H,55,59). The third-order valence-electron chi connectivity index (χ3n) is 12.8. The number of likely N-dealkylation sites (tertiary alicyclic amines) is 2. The fraction of sp³-hybridized carbons (Fsp3) is 0.360. The first-order chi connectivity index (χ1) is 30.2. The summed E-state index contributed by atoms with van der Waals surface area (Å²) in [4.78, 5) is 79.1. The molecule has 1 aromatic heterocycles. The molecule has 5 unspecified atom stereocenters. The average molecular weight is 832 g/mol. The number of H-pyrrole nitrogens is 1. The second-order valence-corrected chi connectivity index (χ2v) is 17.2. The van der Waals surface area contributed by atoms with E-state index in [1.165, 1.54) is 0 Å². The molecule has 4 fully saturated rings. The van der Waals surface area contributed by atoms with E-state index in [9.17, 15) is 24.0 Å². The zero-order chi connectivity index (χ0) is 42.7. The summed E-state index contributed by atoms with van der Waals surface area (Å²) in [5.74, 6) is -0.0664. The quantitative estimate of drug-likeness (QED) is 0.0935. The van der Waals surface area contributed by atoms with Crippen LogP contribution in [0.2, 0.25) is 0 Å². The van der Waals surface area contributed by atoms with Gasteiger partial charge in [-0.2, -0.15) is 0 Å². The highest BCUT2D eigenvalue weighted by molar-refractivity contribution is 5.94. The van der Waals surface area contributed by atoms with Crippen LogP contribution in [-0.4, -0.2) is 68.4 Å². The van der Waals surface area contributed by atoms with Gasteiger partial charge in [0.05, 0.1) is 24.0 Å². The van der Waals surface area contributed by atoms with Crippen LogP contribution in [0.15, 0.2) is 115 Å². The smallest absolute Gasteiger partial charge is 0.250 e. The minimum atomic E-state index is -0.832. The van der Waals surface area contributed by atoms with Gasteiger partial charge in [0, 0.05) is 24.9 Å². The van der Waals surface area contributed by atoms with Gasteiger partial charge in [0.2, 0.25) is 29.5 Å². The molecule has 5 atom stereocenters. The number of nitrogens with one attached hydrogen (secondary N) is 4. The molecule has 2 saturated carbocycles. The maximum absolute atomic E-state index is 14.1. The lowest BCUT2D eigenvalue weighted by atomic mass is 9.99. The highest BCUT2D eigenvalue weighted by atomic mass is 16.2. The third-order valence-corrected chi connectivity index (χ3v) is 12.8. The van der Waals surface area contributed by atoms with E-state index in [0.717, 1.165) is 77.9 Å². The lowest BCUT2D eigenvalue weighted by molar-refractivity contribution is -0.142. The molecule has 0 radical (unpaired) electrons. The minimum Gasteiger partial charge on any atom is -0.348 e. The molecular formula is C50H53N7O5. The van der Waals surface area contributed by atoms with Crippen LogP contribution in [-0.2, 0) is 24.0 Å². The normalized spacial score (nSPS) is 20.0. The van der Waals surface area contributed by atoms with Gasteiger partial charge in [-0.15, -0.1) is 0 Å². The molecule has 9 rings (SSSR count). The fourth-order valence-electron chi connectivity index (χ4n) is 8.88. The van der Waals surface area contributed by atoms with Crippen LogP contribution >= 0.6 is 0 Å². The van der Waals surface area contributed by atoms with E-state index in [0.29, 0.717) is 31.5 Å². The Morgan fingerprint density at radius 1 is 0.565 bits per heavy atom. The van der Waals surface area contributed by atoms with Crippen molar-refractivity contribution in [1.29, 1.82) is 0 Å². The average Bonchev–Trinajstić information content (AvgIpc) is 4.18. The van der Waals surface area contributed by atoms with Crippen molar-refractivity contribution in [3.63, 3.8) is 0 Å². The maximum Gasteiger partial charge on any atom is 0.250 e. The third kappa shape index (κ3) is 8.91. The number of carbonyl (C=O) groups is 5. The van der Waals surface area contributed by atoms with Crippen LogP contribution in [0.4, 0.5) is 0 Å². The van der Waals surface area contributed by atoms with E-state index in [1.54, 1.807) is 4.90 Å². The number of aromatic amines is 1. The number of carbonyl (C=O) groups excluding carboxylic acids is 5. The van der Waals surface area contributed by atoms with Gasteiger partial charge in [-0.05, 0) is 91.7 Å². The number of rotatable bonds is 14. The Labute approximate surface area is 361 Å². The number of hydrogen-bond acceptors (Lipinski definition) is 6. The number of benzene rings is 4. The molecule has 12 heteroatoms. The van der Waals surface area contributed by atoms with Gasteiger partial charge >= 0.3 is 0 Å². The fourth-order valence-corrected chi connectivity index (χ4v) is 8.88. The molecule has 4 aromatic carbocycles. The lowest BCUT2D eigenvalue weighted by Gasteiger charge is -2.30. The zero-order valence-electron chi connectivity index (χ0n) is 35.0. The van der Waals surface area contributed by atoms with Crippen molar-refractivity contribution >= 4 is 29.5 Å². The predicted molar refractivity (Wildman–Crippen MR) is 235 cm³/mol. The Balaban J connectivity index is 0.822. The summed E-state index contributed by atoms with van der Waals surface area (Å²) in [5, 5.41) is 9.16. The van der Waals surface area contributed by atoms with E-state index >= 15 is 0 Å². The summed E-state index contributed by atoms with van der Waals surface area (Å²) in [7, 11) is 0. The van der Waals surface area contributed by atoms with Crippen LogP contribution in [0, 0.1) is 11.8 Å². The van der Waals surface area contributed by atoms with Crippen LogP contribution in [0.1, 0.15) is 105 Å². The molecule has 5 amide bonds. The Bertz CT molecular complexity index is 2410. The van der Waals surface area contributed by atoms with Gasteiger partial charge in [0.25, 0.3) is 0 Å². The van der Waals surface area contributed by atoms with E-state index in [4.69, 9.17) is 4.98 Å². The molecule has 2 saturated heterocycles. The largest absolute Gasteiger partial charge is 0.348 e. The maximum atomic E-state index is 14.1. The van der Waals surface area contributed by atoms with E-state index in [-0.39, 0.29) is 53.5 Å². The Morgan fingerprint density at radius 2 is 1.06 bits per heavy atom. The van der Waals surface area contributed by atoms with E-state index < -0.39 is 18.1 Å². The molecule has 2 aliphatic carbocycles. The minimum absolute atomic E-state index is 0.00605. The zero-order valence-corrected chi connectivity index (χ0v) is 35.0. The molecule has 4 aliphatic rings. The van der Waals surface area contributed by atoms with Gasteiger partial charge in [-0.3, -0.25) is 24.0 Å².